The minimum absolute atomic E-state index is 0.215. The van der Waals surface area contributed by atoms with Gasteiger partial charge in [0.15, 0.2) is 17.8 Å². The number of hydrogen-bond donors (Lipinski definition) is 0. The van der Waals surface area contributed by atoms with Crippen molar-refractivity contribution in [2.24, 2.45) is 0 Å². The molecule has 0 aliphatic carbocycles. The summed E-state index contributed by atoms with van der Waals surface area (Å²) in [5.74, 6) is 1.33. The van der Waals surface area contributed by atoms with Crippen molar-refractivity contribution in [1.29, 1.82) is 0 Å². The summed E-state index contributed by atoms with van der Waals surface area (Å²) in [6, 6.07) is 13.5. The standard InChI is InChI=1S/C14H10O3S/c15-8-10-6-12-13(17-9-16-12)7-14(10)18-11-4-2-1-3-5-11/h1-8H,9H2. The van der Waals surface area contributed by atoms with E-state index in [-0.39, 0.29) is 6.79 Å². The van der Waals surface area contributed by atoms with E-state index in [1.165, 1.54) is 11.8 Å². The molecule has 0 saturated carbocycles. The fourth-order valence-electron chi connectivity index (χ4n) is 1.74. The van der Waals surface area contributed by atoms with Gasteiger partial charge in [0.25, 0.3) is 0 Å². The van der Waals surface area contributed by atoms with Crippen LogP contribution in [0.1, 0.15) is 10.4 Å². The van der Waals surface area contributed by atoms with Crippen LogP contribution in [0.2, 0.25) is 0 Å². The summed E-state index contributed by atoms with van der Waals surface area (Å²) in [6.45, 7) is 0.215. The van der Waals surface area contributed by atoms with E-state index in [1.54, 1.807) is 6.07 Å². The molecule has 1 aliphatic rings. The molecule has 0 N–H and O–H groups in total. The van der Waals surface area contributed by atoms with Gasteiger partial charge in [-0.2, -0.15) is 0 Å². The van der Waals surface area contributed by atoms with E-state index >= 15 is 0 Å². The van der Waals surface area contributed by atoms with Crippen molar-refractivity contribution in [1.82, 2.24) is 0 Å². The van der Waals surface area contributed by atoms with Crippen molar-refractivity contribution in [2.45, 2.75) is 9.79 Å². The molecule has 4 heteroatoms. The Morgan fingerprint density at radius 1 is 1.06 bits per heavy atom. The van der Waals surface area contributed by atoms with E-state index in [2.05, 4.69) is 0 Å². The van der Waals surface area contributed by atoms with Gasteiger partial charge in [0.1, 0.15) is 0 Å². The van der Waals surface area contributed by atoms with Crippen LogP contribution < -0.4 is 9.47 Å². The maximum absolute atomic E-state index is 11.1. The smallest absolute Gasteiger partial charge is 0.231 e. The van der Waals surface area contributed by atoms with E-state index < -0.39 is 0 Å². The Bertz CT molecular complexity index is 581. The lowest BCUT2D eigenvalue weighted by molar-refractivity contribution is 0.112. The molecule has 0 fully saturated rings. The molecule has 0 atom stereocenters. The summed E-state index contributed by atoms with van der Waals surface area (Å²) in [6.07, 6.45) is 0.841. The average molecular weight is 258 g/mol. The second-order valence-corrected chi connectivity index (χ2v) is 4.89. The Morgan fingerprint density at radius 2 is 1.78 bits per heavy atom. The fraction of sp³-hybridized carbons (Fsp3) is 0.0714. The summed E-state index contributed by atoms with van der Waals surface area (Å²) in [5.41, 5.74) is 0.619. The largest absolute Gasteiger partial charge is 0.454 e. The van der Waals surface area contributed by atoms with E-state index in [4.69, 9.17) is 9.47 Å². The summed E-state index contributed by atoms with van der Waals surface area (Å²) < 4.78 is 10.6. The second-order valence-electron chi connectivity index (χ2n) is 3.78. The summed E-state index contributed by atoms with van der Waals surface area (Å²) in [4.78, 5) is 13.1. The molecule has 3 nitrogen and oxygen atoms in total. The molecule has 2 aromatic carbocycles. The highest BCUT2D eigenvalue weighted by atomic mass is 32.2. The molecule has 1 heterocycles. The molecular formula is C14H10O3S. The van der Waals surface area contributed by atoms with Crippen LogP contribution in [-0.2, 0) is 0 Å². The fourth-order valence-corrected chi connectivity index (χ4v) is 2.67. The van der Waals surface area contributed by atoms with Crippen LogP contribution in [0.3, 0.4) is 0 Å². The zero-order chi connectivity index (χ0) is 12.4. The molecule has 0 amide bonds. The Balaban J connectivity index is 1.98. The van der Waals surface area contributed by atoms with Gasteiger partial charge in [-0.3, -0.25) is 4.79 Å². The van der Waals surface area contributed by atoms with E-state index in [9.17, 15) is 4.79 Å². The van der Waals surface area contributed by atoms with Crippen molar-refractivity contribution in [3.63, 3.8) is 0 Å². The van der Waals surface area contributed by atoms with E-state index in [0.717, 1.165) is 16.1 Å². The summed E-state index contributed by atoms with van der Waals surface area (Å²) >= 11 is 1.54. The third-order valence-electron chi connectivity index (χ3n) is 2.60. The van der Waals surface area contributed by atoms with Gasteiger partial charge in [-0.1, -0.05) is 30.0 Å². The maximum Gasteiger partial charge on any atom is 0.231 e. The SMILES string of the molecule is O=Cc1cc2c(cc1Sc1ccccc1)OCO2. The van der Waals surface area contributed by atoms with Gasteiger partial charge in [-0.15, -0.1) is 0 Å². The molecule has 2 aromatic rings. The third kappa shape index (κ3) is 2.07. The second kappa shape index (κ2) is 4.74. The molecule has 0 aromatic heterocycles. The number of aldehydes is 1. The third-order valence-corrected chi connectivity index (χ3v) is 3.68. The van der Waals surface area contributed by atoms with Crippen LogP contribution in [0.25, 0.3) is 0 Å². The number of ether oxygens (including phenoxy) is 2. The molecule has 0 radical (unpaired) electrons. The topological polar surface area (TPSA) is 35.5 Å². The quantitative estimate of drug-likeness (QED) is 0.791. The van der Waals surface area contributed by atoms with Gasteiger partial charge in [-0.25, -0.2) is 0 Å². The predicted octanol–water partition coefficient (Wildman–Crippen LogP) is 3.38. The molecule has 1 aliphatic heterocycles. The van der Waals surface area contributed by atoms with Crippen LogP contribution in [0.5, 0.6) is 11.5 Å². The van der Waals surface area contributed by atoms with Gasteiger partial charge in [-0.05, 0) is 24.3 Å². The van der Waals surface area contributed by atoms with Crippen LogP contribution >= 0.6 is 11.8 Å². The van der Waals surface area contributed by atoms with Gasteiger partial charge < -0.3 is 9.47 Å². The molecule has 0 spiro atoms. The van der Waals surface area contributed by atoms with Crippen LogP contribution in [0.15, 0.2) is 52.3 Å². The average Bonchev–Trinajstić information content (AvgIpc) is 2.86. The minimum Gasteiger partial charge on any atom is -0.454 e. The van der Waals surface area contributed by atoms with Crippen molar-refractivity contribution in [3.8, 4) is 11.5 Å². The summed E-state index contributed by atoms with van der Waals surface area (Å²) in [7, 11) is 0. The van der Waals surface area contributed by atoms with Crippen molar-refractivity contribution in [2.75, 3.05) is 6.79 Å². The van der Waals surface area contributed by atoms with Gasteiger partial charge >= 0.3 is 0 Å². The molecule has 3 rings (SSSR count). The van der Waals surface area contributed by atoms with Crippen LogP contribution in [0.4, 0.5) is 0 Å². The predicted molar refractivity (Wildman–Crippen MR) is 68.5 cm³/mol. The molecule has 0 saturated heterocycles. The highest BCUT2D eigenvalue weighted by Crippen LogP contribution is 2.40. The molecular weight excluding hydrogens is 248 g/mol. The first-order valence-corrected chi connectivity index (χ1v) is 6.30. The lowest BCUT2D eigenvalue weighted by atomic mass is 10.2. The molecule has 0 bridgehead atoms. The summed E-state index contributed by atoms with van der Waals surface area (Å²) in [5, 5.41) is 0. The lowest BCUT2D eigenvalue weighted by Gasteiger charge is -2.06. The monoisotopic (exact) mass is 258 g/mol. The zero-order valence-corrected chi connectivity index (χ0v) is 10.3. The number of hydrogen-bond acceptors (Lipinski definition) is 4. The van der Waals surface area contributed by atoms with Crippen molar-refractivity contribution < 1.29 is 14.3 Å². The molecule has 18 heavy (non-hydrogen) atoms. The van der Waals surface area contributed by atoms with Crippen molar-refractivity contribution in [3.05, 3.63) is 48.0 Å². The molecule has 90 valence electrons. The number of carbonyl (C=O) groups excluding carboxylic acids is 1. The van der Waals surface area contributed by atoms with Gasteiger partial charge in [0.2, 0.25) is 6.79 Å². The lowest BCUT2D eigenvalue weighted by Crippen LogP contribution is -1.92. The maximum atomic E-state index is 11.1. The Labute approximate surface area is 109 Å². The number of rotatable bonds is 3. The van der Waals surface area contributed by atoms with Gasteiger partial charge in [0, 0.05) is 15.4 Å². The van der Waals surface area contributed by atoms with Crippen molar-refractivity contribution >= 4 is 18.0 Å². The van der Waals surface area contributed by atoms with Crippen LogP contribution in [-0.4, -0.2) is 13.1 Å². The Kier molecular flexibility index (Phi) is 2.94. The highest BCUT2D eigenvalue weighted by molar-refractivity contribution is 7.99. The van der Waals surface area contributed by atoms with E-state index in [0.29, 0.717) is 17.1 Å². The Hall–Kier alpha value is -1.94. The van der Waals surface area contributed by atoms with Crippen LogP contribution in [0, 0.1) is 0 Å². The van der Waals surface area contributed by atoms with Gasteiger partial charge in [0.05, 0.1) is 0 Å². The first kappa shape index (κ1) is 11.2. The first-order valence-electron chi connectivity index (χ1n) is 5.48. The minimum atomic E-state index is 0.215. The number of carbonyl (C=O) groups is 1. The van der Waals surface area contributed by atoms with E-state index in [1.807, 2.05) is 36.4 Å². The number of benzene rings is 2. The normalized spacial score (nSPS) is 12.4. The zero-order valence-electron chi connectivity index (χ0n) is 9.46. The first-order chi connectivity index (χ1) is 8.86. The highest BCUT2D eigenvalue weighted by Gasteiger charge is 2.17. The Morgan fingerprint density at radius 3 is 2.50 bits per heavy atom. The molecule has 0 unspecified atom stereocenters. The number of fused-ring (bicyclic) bond motifs is 1.